The molecule has 0 saturated heterocycles. The van der Waals surface area contributed by atoms with Crippen LogP contribution in [0.15, 0.2) is 18.2 Å². The normalized spacial score (nSPS) is 12.0. The fourth-order valence-corrected chi connectivity index (χ4v) is 1.46. The van der Waals surface area contributed by atoms with Crippen LogP contribution in [0.2, 0.25) is 0 Å². The van der Waals surface area contributed by atoms with Crippen molar-refractivity contribution in [2.45, 2.75) is 32.5 Å². The van der Waals surface area contributed by atoms with Crippen molar-refractivity contribution in [2.75, 3.05) is 5.32 Å². The Hall–Kier alpha value is -1.74. The van der Waals surface area contributed by atoms with Crippen molar-refractivity contribution in [3.05, 3.63) is 23.8 Å². The van der Waals surface area contributed by atoms with Gasteiger partial charge in [-0.2, -0.15) is 13.2 Å². The lowest BCUT2D eigenvalue weighted by atomic mass is 9.79. The molecule has 116 valence electrons. The molecular formula is C12H15BF3NO4. The molecule has 9 heteroatoms. The number of anilines is 1. The first-order chi connectivity index (χ1) is 9.38. The van der Waals surface area contributed by atoms with Crippen LogP contribution in [0, 0.1) is 0 Å². The largest absolute Gasteiger partial charge is 0.488 e. The van der Waals surface area contributed by atoms with Gasteiger partial charge in [-0.25, -0.2) is 4.79 Å². The first kappa shape index (κ1) is 17.3. The predicted molar refractivity (Wildman–Crippen MR) is 71.1 cm³/mol. The third-order valence-corrected chi connectivity index (χ3v) is 2.23. The summed E-state index contributed by atoms with van der Waals surface area (Å²) in [5, 5.41) is 20.1. The molecule has 0 radical (unpaired) electrons. The third-order valence-electron chi connectivity index (χ3n) is 2.23. The highest BCUT2D eigenvalue weighted by Gasteiger charge is 2.32. The van der Waals surface area contributed by atoms with E-state index in [0.717, 1.165) is 6.07 Å². The van der Waals surface area contributed by atoms with Gasteiger partial charge in [-0.15, -0.1) is 0 Å². The van der Waals surface area contributed by atoms with Gasteiger partial charge in [0.15, 0.2) is 0 Å². The van der Waals surface area contributed by atoms with Crippen LogP contribution in [0.1, 0.15) is 26.3 Å². The summed E-state index contributed by atoms with van der Waals surface area (Å²) in [6, 6.07) is 2.28. The maximum Gasteiger partial charge on any atom is 0.488 e. The number of benzene rings is 1. The van der Waals surface area contributed by atoms with E-state index in [1.807, 2.05) is 0 Å². The summed E-state index contributed by atoms with van der Waals surface area (Å²) >= 11 is 0. The second-order valence-electron chi connectivity index (χ2n) is 5.34. The van der Waals surface area contributed by atoms with E-state index in [2.05, 4.69) is 5.32 Å². The van der Waals surface area contributed by atoms with Gasteiger partial charge in [0, 0.05) is 5.69 Å². The Morgan fingerprint density at radius 1 is 1.19 bits per heavy atom. The Bertz CT molecular complexity index is 526. The Morgan fingerprint density at radius 3 is 2.19 bits per heavy atom. The zero-order valence-electron chi connectivity index (χ0n) is 11.7. The molecule has 0 unspecified atom stereocenters. The van der Waals surface area contributed by atoms with Crippen LogP contribution in [0.25, 0.3) is 0 Å². The molecule has 0 aliphatic rings. The molecule has 0 spiro atoms. The number of nitrogens with one attached hydrogen (secondary N) is 1. The average Bonchev–Trinajstić information content (AvgIpc) is 2.24. The molecule has 1 rings (SSSR count). The van der Waals surface area contributed by atoms with Crippen molar-refractivity contribution in [3.63, 3.8) is 0 Å². The number of carbonyl (C=O) groups excluding carboxylic acids is 1. The van der Waals surface area contributed by atoms with E-state index in [1.54, 1.807) is 20.8 Å². The first-order valence-corrected chi connectivity index (χ1v) is 5.97. The van der Waals surface area contributed by atoms with Crippen LogP contribution < -0.4 is 10.8 Å². The van der Waals surface area contributed by atoms with Crippen LogP contribution in [0.3, 0.4) is 0 Å². The summed E-state index contributed by atoms with van der Waals surface area (Å²) in [5.74, 6) is 0. The van der Waals surface area contributed by atoms with E-state index in [4.69, 9.17) is 14.8 Å². The van der Waals surface area contributed by atoms with Crippen molar-refractivity contribution in [3.8, 4) is 0 Å². The van der Waals surface area contributed by atoms with Crippen LogP contribution in [0.4, 0.5) is 23.7 Å². The molecule has 1 aromatic rings. The molecule has 0 bridgehead atoms. The number of ether oxygens (including phenoxy) is 1. The fraction of sp³-hybridized carbons (Fsp3) is 0.417. The minimum Gasteiger partial charge on any atom is -0.444 e. The van der Waals surface area contributed by atoms with Crippen molar-refractivity contribution < 1.29 is 32.8 Å². The summed E-state index contributed by atoms with van der Waals surface area (Å²) in [4.78, 5) is 11.5. The zero-order chi connectivity index (χ0) is 16.4. The SMILES string of the molecule is CC(C)(C)OC(=O)Nc1cc(B(O)O)cc(C(F)(F)F)c1. The second-order valence-corrected chi connectivity index (χ2v) is 5.34. The number of rotatable bonds is 2. The molecule has 21 heavy (non-hydrogen) atoms. The molecule has 1 aromatic carbocycles. The highest BCUT2D eigenvalue weighted by Crippen LogP contribution is 2.30. The second kappa shape index (κ2) is 5.94. The van der Waals surface area contributed by atoms with E-state index in [1.165, 1.54) is 0 Å². The van der Waals surface area contributed by atoms with Gasteiger partial charge in [-0.1, -0.05) is 6.07 Å². The van der Waals surface area contributed by atoms with Crippen molar-refractivity contribution in [2.24, 2.45) is 0 Å². The number of carbonyl (C=O) groups is 1. The number of alkyl halides is 3. The van der Waals surface area contributed by atoms with Gasteiger partial charge in [-0.3, -0.25) is 5.32 Å². The van der Waals surface area contributed by atoms with Crippen LogP contribution in [-0.4, -0.2) is 28.9 Å². The summed E-state index contributed by atoms with van der Waals surface area (Å²) < 4.78 is 43.0. The van der Waals surface area contributed by atoms with Gasteiger partial charge >= 0.3 is 19.4 Å². The van der Waals surface area contributed by atoms with Gasteiger partial charge in [0.1, 0.15) is 5.60 Å². The molecule has 0 fully saturated rings. The summed E-state index contributed by atoms with van der Waals surface area (Å²) in [6.07, 6.45) is -5.63. The number of amides is 1. The first-order valence-electron chi connectivity index (χ1n) is 5.97. The maximum atomic E-state index is 12.7. The van der Waals surface area contributed by atoms with Crippen molar-refractivity contribution in [1.29, 1.82) is 0 Å². The standard InChI is InChI=1S/C12H15BF3NO4/c1-11(2,3)21-10(18)17-9-5-7(12(14,15)16)4-8(6-9)13(19)20/h4-6,19-20H,1-3H3,(H,17,18). The maximum absolute atomic E-state index is 12.7. The molecule has 0 saturated carbocycles. The average molecular weight is 305 g/mol. The molecule has 1 amide bonds. The number of halogens is 3. The lowest BCUT2D eigenvalue weighted by molar-refractivity contribution is -0.137. The van der Waals surface area contributed by atoms with Gasteiger partial charge in [0.05, 0.1) is 5.56 Å². The Balaban J connectivity index is 3.07. The highest BCUT2D eigenvalue weighted by atomic mass is 19.4. The fourth-order valence-electron chi connectivity index (χ4n) is 1.46. The topological polar surface area (TPSA) is 78.8 Å². The van der Waals surface area contributed by atoms with Crippen molar-refractivity contribution in [1.82, 2.24) is 0 Å². The van der Waals surface area contributed by atoms with Crippen LogP contribution >= 0.6 is 0 Å². The molecule has 3 N–H and O–H groups in total. The molecule has 5 nitrogen and oxygen atoms in total. The Kier molecular flexibility index (Phi) is 4.90. The number of hydrogen-bond acceptors (Lipinski definition) is 4. The third kappa shape index (κ3) is 5.64. The van der Waals surface area contributed by atoms with E-state index in [9.17, 15) is 18.0 Å². The summed E-state index contributed by atoms with van der Waals surface area (Å²) in [6.45, 7) is 4.80. The van der Waals surface area contributed by atoms with E-state index < -0.39 is 36.0 Å². The van der Waals surface area contributed by atoms with Gasteiger partial charge in [0.2, 0.25) is 0 Å². The van der Waals surface area contributed by atoms with Crippen LogP contribution in [0.5, 0.6) is 0 Å². The lowest BCUT2D eigenvalue weighted by Gasteiger charge is -2.20. The Morgan fingerprint density at radius 2 is 1.76 bits per heavy atom. The quantitative estimate of drug-likeness (QED) is 0.727. The molecule has 0 heterocycles. The smallest absolute Gasteiger partial charge is 0.444 e. The monoisotopic (exact) mass is 305 g/mol. The highest BCUT2D eigenvalue weighted by molar-refractivity contribution is 6.58. The van der Waals surface area contributed by atoms with E-state index in [-0.39, 0.29) is 5.69 Å². The van der Waals surface area contributed by atoms with Crippen LogP contribution in [-0.2, 0) is 10.9 Å². The molecule has 0 aromatic heterocycles. The minimum absolute atomic E-state index is 0.248. The minimum atomic E-state index is -4.69. The lowest BCUT2D eigenvalue weighted by Crippen LogP contribution is -2.32. The van der Waals surface area contributed by atoms with Crippen molar-refractivity contribution >= 4 is 24.4 Å². The van der Waals surface area contributed by atoms with Gasteiger partial charge in [0.25, 0.3) is 0 Å². The van der Waals surface area contributed by atoms with Gasteiger partial charge < -0.3 is 14.8 Å². The number of hydrogen-bond donors (Lipinski definition) is 3. The zero-order valence-corrected chi connectivity index (χ0v) is 11.7. The molecule has 0 atom stereocenters. The van der Waals surface area contributed by atoms with E-state index >= 15 is 0 Å². The van der Waals surface area contributed by atoms with E-state index in [0.29, 0.717) is 12.1 Å². The predicted octanol–water partition coefficient (Wildman–Crippen LogP) is 1.73. The Labute approximate surface area is 119 Å². The molecule has 0 aliphatic carbocycles. The summed E-state index contributed by atoms with van der Waals surface area (Å²) in [7, 11) is -2.09. The molecule has 0 aliphatic heterocycles. The van der Waals surface area contributed by atoms with Gasteiger partial charge in [-0.05, 0) is 38.4 Å². The summed E-state index contributed by atoms with van der Waals surface area (Å²) in [5.41, 5.74) is -2.57. The molecular weight excluding hydrogens is 290 g/mol.